The molecule has 218 valence electrons. The van der Waals surface area contributed by atoms with E-state index >= 15 is 0 Å². The molecule has 0 aliphatic carbocycles. The quantitative estimate of drug-likeness (QED) is 0.154. The van der Waals surface area contributed by atoms with E-state index in [1.807, 2.05) is 13.8 Å². The number of halogens is 3. The molecule has 3 aromatic carbocycles. The van der Waals surface area contributed by atoms with Crippen molar-refractivity contribution in [2.45, 2.75) is 33.0 Å². The molecule has 0 aromatic heterocycles. The highest BCUT2D eigenvalue weighted by Crippen LogP contribution is 2.33. The molecule has 0 heterocycles. The van der Waals surface area contributed by atoms with Crippen LogP contribution in [0.5, 0.6) is 0 Å². The average Bonchev–Trinajstić information content (AvgIpc) is 2.93. The maximum Gasteiger partial charge on any atom is 0.416 e. The Hall–Kier alpha value is -5.04. The van der Waals surface area contributed by atoms with Crippen molar-refractivity contribution in [2.75, 3.05) is 10.6 Å². The van der Waals surface area contributed by atoms with Crippen molar-refractivity contribution in [1.82, 2.24) is 10.6 Å². The van der Waals surface area contributed by atoms with E-state index in [9.17, 15) is 27.6 Å². The van der Waals surface area contributed by atoms with E-state index in [4.69, 9.17) is 11.6 Å². The van der Waals surface area contributed by atoms with Crippen LogP contribution >= 0.6 is 0 Å². The topological polar surface area (TPSA) is 161 Å². The van der Waals surface area contributed by atoms with Gasteiger partial charge < -0.3 is 26.5 Å². The zero-order chi connectivity index (χ0) is 30.4. The Labute approximate surface area is 234 Å². The highest BCUT2D eigenvalue weighted by atomic mass is 19.4. The van der Waals surface area contributed by atoms with Gasteiger partial charge in [-0.2, -0.15) is 19.1 Å². The SMILES string of the molecule is CC.NO/C(=C\NCc1ccc(C(N)=O)cc1)NC(=O)Nc1cc(NC(=O)Cc2ccccc2)cc(C(F)(F)F)c1. The van der Waals surface area contributed by atoms with Gasteiger partial charge in [-0.3, -0.25) is 14.9 Å². The number of anilines is 2. The van der Waals surface area contributed by atoms with Gasteiger partial charge >= 0.3 is 12.2 Å². The molecule has 0 aliphatic rings. The number of rotatable bonds is 10. The maximum atomic E-state index is 13.5. The van der Waals surface area contributed by atoms with Crippen molar-refractivity contribution < 1.29 is 32.4 Å². The maximum absolute atomic E-state index is 13.5. The second-order valence-electron chi connectivity index (χ2n) is 8.15. The van der Waals surface area contributed by atoms with Crippen LogP contribution in [-0.2, 0) is 28.8 Å². The molecule has 13 heteroatoms. The fourth-order valence-electron chi connectivity index (χ4n) is 3.34. The summed E-state index contributed by atoms with van der Waals surface area (Å²) >= 11 is 0. The Bertz CT molecular complexity index is 1350. The molecular formula is C28H31F3N6O4. The summed E-state index contributed by atoms with van der Waals surface area (Å²) in [6.07, 6.45) is -3.56. The minimum Gasteiger partial charge on any atom is -0.391 e. The number of benzene rings is 3. The molecule has 0 spiro atoms. The third-order valence-electron chi connectivity index (χ3n) is 5.15. The summed E-state index contributed by atoms with van der Waals surface area (Å²) in [5, 5.41) is 9.75. The van der Waals surface area contributed by atoms with Crippen molar-refractivity contribution in [3.8, 4) is 0 Å². The van der Waals surface area contributed by atoms with Crippen LogP contribution in [0.15, 0.2) is 84.9 Å². The van der Waals surface area contributed by atoms with Gasteiger partial charge in [0.1, 0.15) is 0 Å². The predicted octanol–water partition coefficient (Wildman–Crippen LogP) is 4.61. The molecule has 0 unspecified atom stereocenters. The van der Waals surface area contributed by atoms with E-state index < -0.39 is 29.6 Å². The van der Waals surface area contributed by atoms with Gasteiger partial charge in [0.25, 0.3) is 0 Å². The molecule has 0 atom stereocenters. The standard InChI is InChI=1S/C26H25F3N6O4.C2H6/c27-26(28,29)19-11-20(33-22(36)10-16-4-2-1-3-5-16)13-21(12-19)34-25(38)35-23(39-31)15-32-14-17-6-8-18(9-7-17)24(30)37;1-2/h1-9,11-13,15,32H,10,14,31H2,(H2,30,37)(H,33,36)(H2,34,35,38);1-2H3/b23-15-;. The summed E-state index contributed by atoms with van der Waals surface area (Å²) in [4.78, 5) is 40.5. The normalized spacial score (nSPS) is 10.9. The number of carbonyl (C=O) groups excluding carboxylic acids is 3. The monoisotopic (exact) mass is 572 g/mol. The number of nitrogens with one attached hydrogen (secondary N) is 4. The molecule has 0 fully saturated rings. The van der Waals surface area contributed by atoms with Gasteiger partial charge in [-0.1, -0.05) is 56.3 Å². The van der Waals surface area contributed by atoms with Crippen LogP contribution in [0, 0.1) is 0 Å². The molecule has 3 aromatic rings. The summed E-state index contributed by atoms with van der Waals surface area (Å²) in [7, 11) is 0. The van der Waals surface area contributed by atoms with Crippen LogP contribution < -0.4 is 32.9 Å². The first-order chi connectivity index (χ1) is 19.5. The van der Waals surface area contributed by atoms with Crippen LogP contribution in [0.3, 0.4) is 0 Å². The molecule has 0 radical (unpaired) electrons. The van der Waals surface area contributed by atoms with Gasteiger partial charge in [0.05, 0.1) is 18.2 Å². The van der Waals surface area contributed by atoms with Crippen molar-refractivity contribution >= 4 is 29.2 Å². The van der Waals surface area contributed by atoms with E-state index in [0.29, 0.717) is 17.2 Å². The Kier molecular flexibility index (Phi) is 12.2. The molecule has 8 N–H and O–H groups in total. The summed E-state index contributed by atoms with van der Waals surface area (Å²) in [5.74, 6) is 3.83. The number of carbonyl (C=O) groups is 3. The van der Waals surface area contributed by atoms with Crippen LogP contribution in [0.25, 0.3) is 0 Å². The smallest absolute Gasteiger partial charge is 0.391 e. The zero-order valence-corrected chi connectivity index (χ0v) is 22.3. The lowest BCUT2D eigenvalue weighted by molar-refractivity contribution is -0.137. The Balaban J connectivity index is 0.00000287. The van der Waals surface area contributed by atoms with Crippen LogP contribution in [0.1, 0.15) is 40.9 Å². The van der Waals surface area contributed by atoms with Gasteiger partial charge in [-0.05, 0) is 41.5 Å². The van der Waals surface area contributed by atoms with Crippen LogP contribution in [-0.4, -0.2) is 17.8 Å². The van der Waals surface area contributed by atoms with E-state index in [2.05, 4.69) is 26.1 Å². The summed E-state index contributed by atoms with van der Waals surface area (Å²) in [6, 6.07) is 16.8. The zero-order valence-electron chi connectivity index (χ0n) is 22.3. The number of amides is 4. The Morgan fingerprint density at radius 3 is 2.05 bits per heavy atom. The summed E-state index contributed by atoms with van der Waals surface area (Å²) < 4.78 is 40.4. The minimum absolute atomic E-state index is 0.0510. The number of alkyl halides is 3. The summed E-state index contributed by atoms with van der Waals surface area (Å²) in [5.41, 5.74) is 5.51. The Morgan fingerprint density at radius 1 is 0.878 bits per heavy atom. The lowest BCUT2D eigenvalue weighted by Gasteiger charge is -2.15. The average molecular weight is 573 g/mol. The van der Waals surface area contributed by atoms with E-state index in [0.717, 1.165) is 11.6 Å². The fraction of sp³-hybridized carbons (Fsp3) is 0.179. The van der Waals surface area contributed by atoms with Gasteiger partial charge in [-0.25, -0.2) is 4.79 Å². The fourth-order valence-corrected chi connectivity index (χ4v) is 3.34. The van der Waals surface area contributed by atoms with Crippen molar-refractivity contribution in [2.24, 2.45) is 11.6 Å². The van der Waals surface area contributed by atoms with Crippen LogP contribution in [0.4, 0.5) is 29.3 Å². The molecule has 3 rings (SSSR count). The minimum atomic E-state index is -4.74. The van der Waals surface area contributed by atoms with Crippen molar-refractivity contribution in [1.29, 1.82) is 0 Å². The number of nitrogens with two attached hydrogens (primary N) is 2. The molecule has 0 aliphatic heterocycles. The van der Waals surface area contributed by atoms with Crippen LogP contribution in [0.2, 0.25) is 0 Å². The predicted molar refractivity (Wildman–Crippen MR) is 149 cm³/mol. The molecule has 4 amide bonds. The molecule has 0 saturated carbocycles. The van der Waals surface area contributed by atoms with Crippen molar-refractivity contribution in [3.05, 3.63) is 107 Å². The second-order valence-corrected chi connectivity index (χ2v) is 8.15. The largest absolute Gasteiger partial charge is 0.416 e. The summed E-state index contributed by atoms with van der Waals surface area (Å²) in [6.45, 7) is 4.26. The van der Waals surface area contributed by atoms with Gasteiger partial charge in [0.2, 0.25) is 17.7 Å². The molecular weight excluding hydrogens is 541 g/mol. The lowest BCUT2D eigenvalue weighted by atomic mass is 10.1. The van der Waals surface area contributed by atoms with Gasteiger partial charge in [-0.15, -0.1) is 0 Å². The highest BCUT2D eigenvalue weighted by molar-refractivity contribution is 5.95. The third-order valence-corrected chi connectivity index (χ3v) is 5.15. The van der Waals surface area contributed by atoms with Gasteiger partial charge in [0.15, 0.2) is 0 Å². The first-order valence-electron chi connectivity index (χ1n) is 12.4. The first-order valence-corrected chi connectivity index (χ1v) is 12.4. The molecule has 41 heavy (non-hydrogen) atoms. The molecule has 0 saturated heterocycles. The third kappa shape index (κ3) is 10.9. The number of primary amides is 1. The van der Waals surface area contributed by atoms with Gasteiger partial charge in [0, 0.05) is 23.5 Å². The lowest BCUT2D eigenvalue weighted by Crippen LogP contribution is -2.31. The van der Waals surface area contributed by atoms with E-state index in [-0.39, 0.29) is 30.2 Å². The number of hydrogen-bond donors (Lipinski definition) is 6. The molecule has 10 nitrogen and oxygen atoms in total. The first kappa shape index (κ1) is 32.2. The van der Waals surface area contributed by atoms with Crippen molar-refractivity contribution in [3.63, 3.8) is 0 Å². The second kappa shape index (κ2) is 15.5. The highest BCUT2D eigenvalue weighted by Gasteiger charge is 2.31. The molecule has 0 bridgehead atoms. The Morgan fingerprint density at radius 2 is 1.49 bits per heavy atom. The van der Waals surface area contributed by atoms with E-state index in [1.54, 1.807) is 54.6 Å². The number of hydrogen-bond acceptors (Lipinski definition) is 6. The number of urea groups is 1. The van der Waals surface area contributed by atoms with E-state index in [1.165, 1.54) is 12.3 Å².